The number of rotatable bonds is 17. The number of likely N-dealkylation sites (tertiary alicyclic amines) is 1. The van der Waals surface area contributed by atoms with Crippen molar-refractivity contribution in [2.45, 2.75) is 70.4 Å². The SMILES string of the molecule is C=CC(=O)OCC(C)(C)C(=O)C(=O)N1CCCC[C@H]1C(=O)OC(CCN1CCN(C(=O)OCC2c3ccccc3-c3ccccc32)CC1)c1cccc(NC(=O)CCC(=O)O)c1. The fourth-order valence-corrected chi connectivity index (χ4v) is 8.13. The molecule has 15 nitrogen and oxygen atoms in total. The number of piperidine rings is 1. The third-order valence-electron chi connectivity index (χ3n) is 11.6. The number of anilines is 1. The molecule has 15 heteroatoms. The summed E-state index contributed by atoms with van der Waals surface area (Å²) in [6.45, 7) is 8.75. The van der Waals surface area contributed by atoms with Crippen molar-refractivity contribution in [3.63, 3.8) is 0 Å². The van der Waals surface area contributed by atoms with Gasteiger partial charge in [-0.25, -0.2) is 14.4 Å². The van der Waals surface area contributed by atoms with Crippen molar-refractivity contribution in [2.75, 3.05) is 57.8 Å². The third-order valence-corrected chi connectivity index (χ3v) is 11.6. The lowest BCUT2D eigenvalue weighted by Crippen LogP contribution is -2.54. The Balaban J connectivity index is 1.10. The summed E-state index contributed by atoms with van der Waals surface area (Å²) in [5.41, 5.74) is 4.15. The summed E-state index contributed by atoms with van der Waals surface area (Å²) < 4.78 is 17.2. The molecule has 2 N–H and O–H groups in total. The number of carbonyl (C=O) groups excluding carboxylic acids is 6. The quantitative estimate of drug-likeness (QED) is 0.0727. The maximum absolute atomic E-state index is 14.1. The monoisotopic (exact) mass is 850 g/mol. The second-order valence-corrected chi connectivity index (χ2v) is 16.4. The topological polar surface area (TPSA) is 189 Å². The van der Waals surface area contributed by atoms with Crippen molar-refractivity contribution in [3.8, 4) is 11.1 Å². The smallest absolute Gasteiger partial charge is 0.409 e. The molecule has 3 amide bonds. The number of aliphatic carboxylic acids is 1. The maximum Gasteiger partial charge on any atom is 0.409 e. The predicted molar refractivity (Wildman–Crippen MR) is 228 cm³/mol. The lowest BCUT2D eigenvalue weighted by Gasteiger charge is -2.37. The molecule has 0 bridgehead atoms. The van der Waals surface area contributed by atoms with Crippen LogP contribution in [0.5, 0.6) is 0 Å². The van der Waals surface area contributed by atoms with E-state index in [9.17, 15) is 33.6 Å². The highest BCUT2D eigenvalue weighted by atomic mass is 16.6. The van der Waals surface area contributed by atoms with Crippen LogP contribution in [0.25, 0.3) is 11.1 Å². The molecule has 0 spiro atoms. The average molecular weight is 851 g/mol. The Morgan fingerprint density at radius 3 is 2.19 bits per heavy atom. The van der Waals surface area contributed by atoms with E-state index in [0.29, 0.717) is 63.2 Å². The molecular formula is C47H54N4O11. The highest BCUT2D eigenvalue weighted by Gasteiger charge is 2.42. The van der Waals surface area contributed by atoms with E-state index in [0.717, 1.165) is 28.3 Å². The number of benzene rings is 3. The van der Waals surface area contributed by atoms with Crippen LogP contribution in [0, 0.1) is 5.41 Å². The number of ether oxygens (including phenoxy) is 3. The van der Waals surface area contributed by atoms with Gasteiger partial charge in [0.25, 0.3) is 5.91 Å². The number of carbonyl (C=O) groups is 7. The van der Waals surface area contributed by atoms with Gasteiger partial charge in [0.1, 0.15) is 25.4 Å². The molecule has 0 radical (unpaired) electrons. The van der Waals surface area contributed by atoms with Gasteiger partial charge in [0.05, 0.1) is 11.8 Å². The van der Waals surface area contributed by atoms with Gasteiger partial charge >= 0.3 is 24.0 Å². The Morgan fingerprint density at radius 2 is 1.53 bits per heavy atom. The number of hydrogen-bond acceptors (Lipinski definition) is 11. The number of nitrogens with zero attached hydrogens (tertiary/aromatic N) is 3. The van der Waals surface area contributed by atoms with Gasteiger partial charge < -0.3 is 34.4 Å². The van der Waals surface area contributed by atoms with Crippen LogP contribution in [-0.4, -0.2) is 120 Å². The lowest BCUT2D eigenvalue weighted by molar-refractivity contribution is -0.165. The van der Waals surface area contributed by atoms with Crippen molar-refractivity contribution in [2.24, 2.45) is 5.41 Å². The van der Waals surface area contributed by atoms with Crippen LogP contribution in [0.15, 0.2) is 85.5 Å². The number of piperazine rings is 1. The minimum atomic E-state index is -1.37. The summed E-state index contributed by atoms with van der Waals surface area (Å²) in [6, 6.07) is 22.0. The summed E-state index contributed by atoms with van der Waals surface area (Å²) in [5, 5.41) is 11.7. The van der Waals surface area contributed by atoms with Gasteiger partial charge in [-0.1, -0.05) is 67.2 Å². The van der Waals surface area contributed by atoms with Gasteiger partial charge in [0, 0.05) is 69.8 Å². The number of ketones is 1. The van der Waals surface area contributed by atoms with Crippen LogP contribution in [-0.2, 0) is 43.0 Å². The molecule has 328 valence electrons. The maximum atomic E-state index is 14.1. The van der Waals surface area contributed by atoms with E-state index < -0.39 is 53.1 Å². The molecule has 2 fully saturated rings. The molecular weight excluding hydrogens is 797 g/mol. The summed E-state index contributed by atoms with van der Waals surface area (Å²) in [7, 11) is 0. The highest BCUT2D eigenvalue weighted by molar-refractivity contribution is 6.38. The normalized spacial score (nSPS) is 16.9. The van der Waals surface area contributed by atoms with Crippen molar-refractivity contribution in [1.82, 2.24) is 14.7 Å². The van der Waals surface area contributed by atoms with E-state index in [1.165, 1.54) is 18.7 Å². The minimum absolute atomic E-state index is 0.0519. The first-order chi connectivity index (χ1) is 29.7. The molecule has 0 saturated carbocycles. The van der Waals surface area contributed by atoms with Crippen molar-refractivity contribution < 1.29 is 52.9 Å². The Labute approximate surface area is 361 Å². The fourth-order valence-electron chi connectivity index (χ4n) is 8.13. The van der Waals surface area contributed by atoms with Gasteiger partial charge in [-0.3, -0.25) is 24.1 Å². The van der Waals surface area contributed by atoms with E-state index >= 15 is 0 Å². The zero-order chi connectivity index (χ0) is 44.4. The molecule has 6 rings (SSSR count). The Kier molecular flexibility index (Phi) is 14.9. The predicted octanol–water partition coefficient (Wildman–Crippen LogP) is 5.74. The first kappa shape index (κ1) is 45.2. The van der Waals surface area contributed by atoms with Crippen LogP contribution in [0.4, 0.5) is 10.5 Å². The first-order valence-electron chi connectivity index (χ1n) is 21.0. The van der Waals surface area contributed by atoms with Gasteiger partial charge in [0.2, 0.25) is 11.7 Å². The molecule has 1 unspecified atom stereocenters. The highest BCUT2D eigenvalue weighted by Crippen LogP contribution is 2.44. The number of amides is 3. The average Bonchev–Trinajstić information content (AvgIpc) is 3.61. The second-order valence-electron chi connectivity index (χ2n) is 16.4. The van der Waals surface area contributed by atoms with Crippen molar-refractivity contribution in [1.29, 1.82) is 0 Å². The van der Waals surface area contributed by atoms with E-state index in [1.807, 2.05) is 24.3 Å². The molecule has 2 atom stereocenters. The number of carboxylic acid groups (broad SMARTS) is 1. The Bertz CT molecular complexity index is 2130. The molecule has 0 aromatic heterocycles. The Morgan fingerprint density at radius 1 is 0.855 bits per heavy atom. The zero-order valence-electron chi connectivity index (χ0n) is 35.2. The van der Waals surface area contributed by atoms with Crippen molar-refractivity contribution >= 4 is 47.3 Å². The zero-order valence-corrected chi connectivity index (χ0v) is 35.2. The number of hydrogen-bond donors (Lipinski definition) is 2. The summed E-state index contributed by atoms with van der Waals surface area (Å²) >= 11 is 0. The fraction of sp³-hybridized carbons (Fsp3) is 0.426. The van der Waals surface area contributed by atoms with Gasteiger partial charge in [0.15, 0.2) is 0 Å². The van der Waals surface area contributed by atoms with E-state index in [4.69, 9.17) is 19.3 Å². The first-order valence-corrected chi connectivity index (χ1v) is 21.0. The number of fused-ring (bicyclic) bond motifs is 3. The second kappa shape index (κ2) is 20.5. The van der Waals surface area contributed by atoms with Crippen LogP contribution in [0.2, 0.25) is 0 Å². The van der Waals surface area contributed by atoms with Crippen LogP contribution in [0.1, 0.15) is 81.1 Å². The number of carboxylic acids is 1. The molecule has 2 aliphatic heterocycles. The van der Waals surface area contributed by atoms with E-state index in [2.05, 4.69) is 41.1 Å². The summed E-state index contributed by atoms with van der Waals surface area (Å²) in [6.07, 6.45) is 0.954. The molecule has 1 aliphatic carbocycles. The van der Waals surface area contributed by atoms with Crippen LogP contribution >= 0.6 is 0 Å². The van der Waals surface area contributed by atoms with Gasteiger partial charge in [-0.15, -0.1) is 0 Å². The van der Waals surface area contributed by atoms with E-state index in [1.54, 1.807) is 29.2 Å². The minimum Gasteiger partial charge on any atom is -0.481 e. The van der Waals surface area contributed by atoms with Crippen molar-refractivity contribution in [3.05, 3.63) is 102 Å². The largest absolute Gasteiger partial charge is 0.481 e. The number of nitrogens with one attached hydrogen (secondary N) is 1. The number of Topliss-reactive ketones (excluding diaryl/α,β-unsaturated/α-hetero) is 1. The van der Waals surface area contributed by atoms with Gasteiger partial charge in [-0.05, 0) is 73.1 Å². The standard InChI is InChI=1S/C47H54N4O11/c1-4-42(55)61-30-47(2,3)43(56)44(57)51-22-10-9-18-38(51)45(58)62-39(31-12-11-13-32(28-31)48-40(52)19-20-41(53)54)21-23-49-24-26-50(27-25-49)46(59)60-29-37-35-16-7-5-14-33(35)34-15-6-8-17-36(34)37/h4-8,11-17,28,37-39H,1,9-10,18-27,29-30H2,2-3H3,(H,48,52)(H,53,54)/t38-,39?/m0/s1. The summed E-state index contributed by atoms with van der Waals surface area (Å²) in [4.78, 5) is 94.9. The molecule has 62 heavy (non-hydrogen) atoms. The third kappa shape index (κ3) is 11.1. The molecule has 3 aromatic rings. The van der Waals surface area contributed by atoms with Crippen LogP contribution < -0.4 is 5.32 Å². The molecule has 3 aliphatic rings. The molecule has 2 saturated heterocycles. The Hall–Kier alpha value is -6.35. The van der Waals surface area contributed by atoms with Crippen LogP contribution in [0.3, 0.4) is 0 Å². The molecule has 3 aromatic carbocycles. The van der Waals surface area contributed by atoms with Gasteiger partial charge in [-0.2, -0.15) is 0 Å². The molecule has 2 heterocycles. The van der Waals surface area contributed by atoms with E-state index in [-0.39, 0.29) is 51.0 Å². The lowest BCUT2D eigenvalue weighted by atomic mass is 9.87. The number of esters is 2. The summed E-state index contributed by atoms with van der Waals surface area (Å²) in [5.74, 6) is -4.75.